The Balaban J connectivity index is 0.000000980. The number of hydrogen-bond donors (Lipinski definition) is 1. The first-order valence-electron chi connectivity index (χ1n) is 3.80. The van der Waals surface area contributed by atoms with Crippen molar-refractivity contribution in [3.8, 4) is 0 Å². The van der Waals surface area contributed by atoms with Gasteiger partial charge in [-0.1, -0.05) is 0 Å². The summed E-state index contributed by atoms with van der Waals surface area (Å²) in [6.07, 6.45) is 0. The van der Waals surface area contributed by atoms with Crippen molar-refractivity contribution < 1.29 is 51.4 Å². The predicted octanol–water partition coefficient (Wildman–Crippen LogP) is -1.20. The fourth-order valence-electron chi connectivity index (χ4n) is 1.26. The van der Waals surface area contributed by atoms with Crippen LogP contribution >= 0.6 is 11.3 Å². The molecular formula is C8H8KN3S2. The fraction of sp³-hybridized carbons (Fsp3) is 0.250. The van der Waals surface area contributed by atoms with Crippen molar-refractivity contribution in [1.82, 2.24) is 9.97 Å². The topological polar surface area (TPSA) is 51.8 Å². The van der Waals surface area contributed by atoms with E-state index in [1.807, 2.05) is 13.8 Å². The number of nitrogen functional groups attached to an aromatic ring is 1. The minimum atomic E-state index is 0. The van der Waals surface area contributed by atoms with Crippen molar-refractivity contribution in [3.05, 3.63) is 10.4 Å². The van der Waals surface area contributed by atoms with Crippen LogP contribution < -0.4 is 57.1 Å². The van der Waals surface area contributed by atoms with E-state index in [1.54, 1.807) is 11.3 Å². The second-order valence-electron chi connectivity index (χ2n) is 2.85. The monoisotopic (exact) mass is 249 g/mol. The second-order valence-corrected chi connectivity index (χ2v) is 4.42. The van der Waals surface area contributed by atoms with E-state index < -0.39 is 0 Å². The Labute approximate surface area is 134 Å². The number of aryl methyl sites for hydroxylation is 2. The molecule has 2 aromatic heterocycles. The summed E-state index contributed by atoms with van der Waals surface area (Å²) in [6.45, 7) is 4.07. The standard InChI is InChI=1S/C8H9N3S2.K/c1-3-4(2)13-7-5(3)6(9)10-8(12)11-7;/h1-2H3,(H3,9,10,11,12);/q;+1/p-1. The average Bonchev–Trinajstić information content (AvgIpc) is 2.27. The molecule has 0 bridgehead atoms. The number of rotatable bonds is 0. The zero-order valence-corrected chi connectivity index (χ0v) is 13.0. The third-order valence-electron chi connectivity index (χ3n) is 2.04. The van der Waals surface area contributed by atoms with Crippen LogP contribution in [0.2, 0.25) is 0 Å². The molecule has 3 nitrogen and oxygen atoms in total. The molecule has 2 rings (SSSR count). The Morgan fingerprint density at radius 1 is 1.29 bits per heavy atom. The molecule has 0 amide bonds. The number of aromatic nitrogens is 2. The van der Waals surface area contributed by atoms with E-state index in [1.165, 1.54) is 4.88 Å². The molecule has 0 unspecified atom stereocenters. The Kier molecular flexibility index (Phi) is 4.28. The first-order valence-corrected chi connectivity index (χ1v) is 5.02. The van der Waals surface area contributed by atoms with Gasteiger partial charge >= 0.3 is 51.4 Å². The van der Waals surface area contributed by atoms with Gasteiger partial charge in [0.05, 0.1) is 5.39 Å². The number of nitrogens with two attached hydrogens (primary N) is 1. The van der Waals surface area contributed by atoms with Crippen molar-refractivity contribution >= 4 is 40.0 Å². The van der Waals surface area contributed by atoms with Crippen LogP contribution in [0.25, 0.3) is 10.2 Å². The van der Waals surface area contributed by atoms with E-state index in [0.29, 0.717) is 11.0 Å². The molecule has 2 aromatic rings. The van der Waals surface area contributed by atoms with Crippen LogP contribution in [0, 0.1) is 13.8 Å². The molecule has 0 radical (unpaired) electrons. The Hall–Kier alpha value is 0.696. The maximum Gasteiger partial charge on any atom is 1.00 e. The van der Waals surface area contributed by atoms with E-state index in [9.17, 15) is 0 Å². The van der Waals surface area contributed by atoms with Crippen molar-refractivity contribution in [2.75, 3.05) is 5.73 Å². The van der Waals surface area contributed by atoms with Crippen LogP contribution in [0.15, 0.2) is 5.16 Å². The molecule has 6 heteroatoms. The first-order chi connectivity index (χ1) is 6.09. The zero-order valence-electron chi connectivity index (χ0n) is 8.29. The summed E-state index contributed by atoms with van der Waals surface area (Å²) in [5.74, 6) is 0.497. The molecule has 0 saturated heterocycles. The molecule has 0 spiro atoms. The Bertz CT molecular complexity index is 481. The van der Waals surface area contributed by atoms with Crippen LogP contribution in [0.3, 0.4) is 0 Å². The third-order valence-corrected chi connectivity index (χ3v) is 3.32. The van der Waals surface area contributed by atoms with Gasteiger partial charge in [-0.05, 0) is 19.4 Å². The molecule has 0 aliphatic carbocycles. The molecular weight excluding hydrogens is 241 g/mol. The van der Waals surface area contributed by atoms with Gasteiger partial charge < -0.3 is 18.4 Å². The second kappa shape index (κ2) is 4.69. The van der Waals surface area contributed by atoms with Gasteiger partial charge in [-0.2, -0.15) is 0 Å². The largest absolute Gasteiger partial charge is 1.00 e. The molecule has 0 fully saturated rings. The van der Waals surface area contributed by atoms with Crippen molar-refractivity contribution in [2.24, 2.45) is 0 Å². The molecule has 2 heterocycles. The fourth-order valence-corrected chi connectivity index (χ4v) is 2.54. The van der Waals surface area contributed by atoms with Crippen LogP contribution in [0.4, 0.5) is 5.82 Å². The van der Waals surface area contributed by atoms with E-state index in [2.05, 4.69) is 9.97 Å². The summed E-state index contributed by atoms with van der Waals surface area (Å²) in [5.41, 5.74) is 6.92. The SMILES string of the molecule is Cc1sc2nc([S-])nc(N)c2c1C.[K+]. The maximum atomic E-state index is 5.76. The first kappa shape index (κ1) is 12.8. The van der Waals surface area contributed by atoms with Gasteiger partial charge in [0.1, 0.15) is 10.6 Å². The van der Waals surface area contributed by atoms with Gasteiger partial charge in [0.15, 0.2) is 0 Å². The molecule has 0 saturated carbocycles. The molecule has 68 valence electrons. The van der Waals surface area contributed by atoms with Gasteiger partial charge in [0.25, 0.3) is 0 Å². The Morgan fingerprint density at radius 3 is 2.57 bits per heavy atom. The quantitative estimate of drug-likeness (QED) is 0.362. The summed E-state index contributed by atoms with van der Waals surface area (Å²) < 4.78 is 0. The van der Waals surface area contributed by atoms with Crippen LogP contribution in [-0.2, 0) is 12.6 Å². The molecule has 0 aliphatic heterocycles. The minimum Gasteiger partial charge on any atom is -0.740 e. The van der Waals surface area contributed by atoms with Gasteiger partial charge in [-0.25, -0.2) is 9.97 Å². The number of fused-ring (bicyclic) bond motifs is 1. The van der Waals surface area contributed by atoms with E-state index in [4.69, 9.17) is 18.4 Å². The van der Waals surface area contributed by atoms with Crippen LogP contribution in [0.5, 0.6) is 0 Å². The number of thiophene rings is 1. The predicted molar refractivity (Wildman–Crippen MR) is 56.9 cm³/mol. The summed E-state index contributed by atoms with van der Waals surface area (Å²) in [7, 11) is 0. The number of hydrogen-bond acceptors (Lipinski definition) is 5. The van der Waals surface area contributed by atoms with Gasteiger partial charge in [-0.15, -0.1) is 11.3 Å². The average molecular weight is 249 g/mol. The molecule has 0 aliphatic rings. The van der Waals surface area contributed by atoms with Crippen LogP contribution in [0.1, 0.15) is 10.4 Å². The van der Waals surface area contributed by atoms with Gasteiger partial charge in [-0.3, -0.25) is 0 Å². The van der Waals surface area contributed by atoms with E-state index in [-0.39, 0.29) is 51.4 Å². The smallest absolute Gasteiger partial charge is 0.740 e. The molecule has 14 heavy (non-hydrogen) atoms. The summed E-state index contributed by atoms with van der Waals surface area (Å²) in [4.78, 5) is 10.2. The zero-order chi connectivity index (χ0) is 9.59. The third kappa shape index (κ3) is 2.11. The minimum absolute atomic E-state index is 0. The molecule has 0 aromatic carbocycles. The van der Waals surface area contributed by atoms with Crippen molar-refractivity contribution in [2.45, 2.75) is 19.0 Å². The van der Waals surface area contributed by atoms with Crippen molar-refractivity contribution in [1.29, 1.82) is 0 Å². The van der Waals surface area contributed by atoms with Crippen molar-refractivity contribution in [3.63, 3.8) is 0 Å². The molecule has 2 N–H and O–H groups in total. The maximum absolute atomic E-state index is 5.76. The van der Waals surface area contributed by atoms with E-state index >= 15 is 0 Å². The normalized spacial score (nSPS) is 10.1. The summed E-state index contributed by atoms with van der Waals surface area (Å²) in [6, 6.07) is 0. The number of nitrogens with zero attached hydrogens (tertiary/aromatic N) is 2. The molecule has 0 atom stereocenters. The van der Waals surface area contributed by atoms with Gasteiger partial charge in [0, 0.05) is 10.0 Å². The summed E-state index contributed by atoms with van der Waals surface area (Å²) >= 11 is 6.49. The van der Waals surface area contributed by atoms with E-state index in [0.717, 1.165) is 15.8 Å². The summed E-state index contributed by atoms with van der Waals surface area (Å²) in [5, 5.41) is 1.28. The number of anilines is 1. The van der Waals surface area contributed by atoms with Gasteiger partial charge in [0.2, 0.25) is 0 Å². The Morgan fingerprint density at radius 2 is 1.93 bits per heavy atom. The van der Waals surface area contributed by atoms with Crippen LogP contribution in [-0.4, -0.2) is 9.97 Å².